The van der Waals surface area contributed by atoms with E-state index >= 15 is 0 Å². The number of fused-ring (bicyclic) bond motifs is 3. The maximum Gasteiger partial charge on any atom is 0.291 e. The summed E-state index contributed by atoms with van der Waals surface area (Å²) in [5.41, 5.74) is 2.59. The van der Waals surface area contributed by atoms with E-state index in [4.69, 9.17) is 4.98 Å². The molecule has 140 valence electrons. The van der Waals surface area contributed by atoms with Crippen molar-refractivity contribution in [3.63, 3.8) is 0 Å². The smallest absolute Gasteiger partial charge is 0.291 e. The van der Waals surface area contributed by atoms with Gasteiger partial charge in [0.1, 0.15) is 10.5 Å². The summed E-state index contributed by atoms with van der Waals surface area (Å²) in [5.74, 6) is 0. The Balaban J connectivity index is 1.58. The number of rotatable bonds is 4. The Bertz CT molecular complexity index is 1400. The molecule has 0 unspecified atom stereocenters. The van der Waals surface area contributed by atoms with Gasteiger partial charge in [0.25, 0.3) is 5.56 Å². The zero-order chi connectivity index (χ0) is 19.3. The number of nitrogens with one attached hydrogen (secondary N) is 1. The molecule has 0 atom stereocenters. The summed E-state index contributed by atoms with van der Waals surface area (Å²) in [4.78, 5) is 36.3. The van der Waals surface area contributed by atoms with Gasteiger partial charge >= 0.3 is 0 Å². The van der Waals surface area contributed by atoms with E-state index in [-0.39, 0.29) is 17.7 Å². The number of pyridine rings is 1. The fourth-order valence-electron chi connectivity index (χ4n) is 3.45. The molecule has 0 fully saturated rings. The molecule has 9 heteroatoms. The van der Waals surface area contributed by atoms with Gasteiger partial charge in [-0.25, -0.2) is 9.67 Å². The molecular weight excluding hydrogens is 376 g/mol. The number of aromatic amines is 1. The van der Waals surface area contributed by atoms with Crippen LogP contribution in [0.25, 0.3) is 21.3 Å². The van der Waals surface area contributed by atoms with Gasteiger partial charge in [0.15, 0.2) is 5.65 Å². The van der Waals surface area contributed by atoms with Crippen molar-refractivity contribution in [3.05, 3.63) is 68.0 Å². The van der Waals surface area contributed by atoms with E-state index in [1.165, 1.54) is 10.7 Å². The largest absolute Gasteiger partial charge is 0.324 e. The van der Waals surface area contributed by atoms with Crippen LogP contribution in [0.15, 0.2) is 51.1 Å². The minimum absolute atomic E-state index is 0.203. The number of thiazole rings is 1. The van der Waals surface area contributed by atoms with Gasteiger partial charge in [0.2, 0.25) is 5.56 Å². The van der Waals surface area contributed by atoms with Crippen LogP contribution in [0.3, 0.4) is 0 Å². The minimum Gasteiger partial charge on any atom is -0.324 e. The third-order valence-electron chi connectivity index (χ3n) is 4.76. The first-order valence-corrected chi connectivity index (χ1v) is 9.64. The second kappa shape index (κ2) is 6.38. The molecule has 0 saturated heterocycles. The van der Waals surface area contributed by atoms with Crippen molar-refractivity contribution in [1.29, 1.82) is 0 Å². The lowest BCUT2D eigenvalue weighted by molar-refractivity contribution is 0.631. The summed E-state index contributed by atoms with van der Waals surface area (Å²) in [6, 6.07) is 4.85. The second-order valence-corrected chi connectivity index (χ2v) is 7.72. The van der Waals surface area contributed by atoms with E-state index in [9.17, 15) is 9.59 Å². The van der Waals surface area contributed by atoms with E-state index in [1.807, 2.05) is 23.8 Å². The van der Waals surface area contributed by atoms with Crippen LogP contribution >= 0.6 is 11.3 Å². The maximum absolute atomic E-state index is 13.0. The molecular formula is C19H16N6O2S. The molecule has 0 radical (unpaired) electrons. The average molecular weight is 392 g/mol. The Kier molecular flexibility index (Phi) is 3.83. The highest BCUT2D eigenvalue weighted by Crippen LogP contribution is 2.31. The van der Waals surface area contributed by atoms with Gasteiger partial charge in [0, 0.05) is 36.3 Å². The van der Waals surface area contributed by atoms with E-state index in [0.29, 0.717) is 17.6 Å². The first-order valence-electron chi connectivity index (χ1n) is 8.82. The number of nitrogens with zero attached hydrogens (tertiary/aromatic N) is 5. The van der Waals surface area contributed by atoms with Gasteiger partial charge < -0.3 is 9.55 Å². The number of H-pyrrole nitrogens is 1. The van der Waals surface area contributed by atoms with Crippen molar-refractivity contribution >= 4 is 38.3 Å². The highest BCUT2D eigenvalue weighted by molar-refractivity contribution is 7.19. The molecule has 1 N–H and O–H groups in total. The van der Waals surface area contributed by atoms with Crippen LogP contribution in [0, 0.1) is 0 Å². The topological polar surface area (TPSA) is 97.9 Å². The van der Waals surface area contributed by atoms with Gasteiger partial charge in [-0.1, -0.05) is 12.1 Å². The summed E-state index contributed by atoms with van der Waals surface area (Å²) in [6.45, 7) is 0.938. The Labute approximate surface area is 162 Å². The van der Waals surface area contributed by atoms with Crippen LogP contribution in [-0.4, -0.2) is 36.6 Å². The van der Waals surface area contributed by atoms with Crippen LogP contribution in [0.5, 0.6) is 0 Å². The lowest BCUT2D eigenvalue weighted by atomic mass is 10.3. The number of aryl methyl sites for hydroxylation is 1. The number of aromatic nitrogens is 5. The Morgan fingerprint density at radius 2 is 2.18 bits per heavy atom. The molecule has 1 aliphatic rings. The molecule has 1 aliphatic heterocycles. The fraction of sp³-hybridized carbons (Fsp3) is 0.211. The predicted octanol–water partition coefficient (Wildman–Crippen LogP) is 1.63. The van der Waals surface area contributed by atoms with Gasteiger partial charge in [0.05, 0.1) is 24.0 Å². The summed E-state index contributed by atoms with van der Waals surface area (Å²) in [6.07, 6.45) is 6.46. The summed E-state index contributed by atoms with van der Waals surface area (Å²) >= 11 is 1.57. The van der Waals surface area contributed by atoms with E-state index in [1.54, 1.807) is 29.7 Å². The van der Waals surface area contributed by atoms with Crippen LogP contribution in [0.1, 0.15) is 10.7 Å². The monoisotopic (exact) mass is 392 g/mol. The molecule has 8 nitrogen and oxygen atoms in total. The number of hydrogen-bond donors (Lipinski definition) is 1. The molecule has 5 heterocycles. The molecule has 4 aromatic heterocycles. The van der Waals surface area contributed by atoms with E-state index in [0.717, 1.165) is 33.0 Å². The van der Waals surface area contributed by atoms with Crippen LogP contribution in [0.4, 0.5) is 0 Å². The molecule has 0 amide bonds. The molecule has 0 spiro atoms. The molecule has 5 rings (SSSR count). The Morgan fingerprint density at radius 3 is 2.96 bits per heavy atom. The first kappa shape index (κ1) is 16.8. The van der Waals surface area contributed by atoms with Crippen LogP contribution < -0.4 is 11.1 Å². The molecule has 0 saturated carbocycles. The summed E-state index contributed by atoms with van der Waals surface area (Å²) in [7, 11) is 1.84. The Hall–Kier alpha value is -3.33. The van der Waals surface area contributed by atoms with Crippen LogP contribution in [-0.2, 0) is 20.0 Å². The predicted molar refractivity (Wildman–Crippen MR) is 109 cm³/mol. The van der Waals surface area contributed by atoms with Gasteiger partial charge in [-0.05, 0) is 12.1 Å². The molecule has 0 aromatic carbocycles. The van der Waals surface area contributed by atoms with Gasteiger partial charge in [-0.2, -0.15) is 5.10 Å². The first-order chi connectivity index (χ1) is 13.6. The van der Waals surface area contributed by atoms with Crippen molar-refractivity contribution < 1.29 is 0 Å². The Morgan fingerprint density at radius 1 is 1.29 bits per heavy atom. The van der Waals surface area contributed by atoms with Crippen molar-refractivity contribution in [2.75, 3.05) is 6.54 Å². The average Bonchev–Trinajstić information content (AvgIpc) is 3.37. The second-order valence-electron chi connectivity index (χ2n) is 6.64. The van der Waals surface area contributed by atoms with E-state index in [2.05, 4.69) is 15.1 Å². The fourth-order valence-corrected chi connectivity index (χ4v) is 4.57. The third kappa shape index (κ3) is 2.71. The molecule has 0 aliphatic carbocycles. The maximum atomic E-state index is 13.0. The molecule has 4 aromatic rings. The standard InChI is InChI=1S/C19H16N6O2S/c1-24-16-13(17-18(24)23-15(28-17)8-11-5-3-7-20-11)9-21-25(19(16)27)10-12-4-2-6-14(26)22-12/h2-6,9H,7-8,10H2,1H3,(H,22,26). The zero-order valence-electron chi connectivity index (χ0n) is 15.0. The third-order valence-corrected chi connectivity index (χ3v) is 5.84. The number of aliphatic imine (C=N–C) groups is 1. The normalized spacial score (nSPS) is 13.7. The highest BCUT2D eigenvalue weighted by atomic mass is 32.1. The van der Waals surface area contributed by atoms with Crippen LogP contribution in [0.2, 0.25) is 0 Å². The highest BCUT2D eigenvalue weighted by Gasteiger charge is 2.19. The van der Waals surface area contributed by atoms with Crippen molar-refractivity contribution in [3.8, 4) is 0 Å². The van der Waals surface area contributed by atoms with E-state index < -0.39 is 0 Å². The van der Waals surface area contributed by atoms with Crippen molar-refractivity contribution in [1.82, 2.24) is 24.3 Å². The van der Waals surface area contributed by atoms with Crippen molar-refractivity contribution in [2.45, 2.75) is 13.0 Å². The van der Waals surface area contributed by atoms with Gasteiger partial charge in [-0.3, -0.25) is 14.6 Å². The summed E-state index contributed by atoms with van der Waals surface area (Å²) < 4.78 is 4.14. The molecule has 0 bridgehead atoms. The lowest BCUT2D eigenvalue weighted by Gasteiger charge is -2.05. The number of allylic oxidation sites excluding steroid dienone is 1. The van der Waals surface area contributed by atoms with Crippen molar-refractivity contribution in [2.24, 2.45) is 12.0 Å². The quantitative estimate of drug-likeness (QED) is 0.571. The minimum atomic E-state index is -0.209. The summed E-state index contributed by atoms with van der Waals surface area (Å²) in [5, 5.41) is 6.09. The molecule has 28 heavy (non-hydrogen) atoms. The SMILES string of the molecule is Cn1c2nc(CC3=NCC=C3)sc2c2cnn(Cc3cccc(=O)[nH]3)c(=O)c21. The van der Waals surface area contributed by atoms with Gasteiger partial charge in [-0.15, -0.1) is 11.3 Å². The lowest BCUT2D eigenvalue weighted by Crippen LogP contribution is -2.25. The zero-order valence-corrected chi connectivity index (χ0v) is 15.9. The number of hydrogen-bond acceptors (Lipinski definition) is 6.